The molecule has 2 heteroatoms. The second-order valence-corrected chi connectivity index (χ2v) is 10.5. The molecule has 39 heavy (non-hydrogen) atoms. The Kier molecular flexibility index (Phi) is 5.06. The van der Waals surface area contributed by atoms with Crippen LogP contribution in [-0.2, 0) is 0 Å². The minimum absolute atomic E-state index is 0.962. The molecule has 0 amide bonds. The summed E-state index contributed by atoms with van der Waals surface area (Å²) in [6.07, 6.45) is 6.92. The lowest BCUT2D eigenvalue weighted by Gasteiger charge is -2.35. The fraction of sp³-hybridized carbons (Fsp3) is 0.0811. The number of aromatic nitrogens is 1. The van der Waals surface area contributed by atoms with E-state index in [-0.39, 0.29) is 0 Å². The van der Waals surface area contributed by atoms with Crippen molar-refractivity contribution >= 4 is 38.8 Å². The van der Waals surface area contributed by atoms with Gasteiger partial charge in [0.25, 0.3) is 0 Å². The van der Waals surface area contributed by atoms with E-state index in [2.05, 4.69) is 143 Å². The highest BCUT2D eigenvalue weighted by atomic mass is 15.1. The zero-order valence-corrected chi connectivity index (χ0v) is 21.7. The van der Waals surface area contributed by atoms with E-state index in [9.17, 15) is 0 Å². The van der Waals surface area contributed by atoms with Crippen molar-refractivity contribution in [1.29, 1.82) is 0 Å². The third-order valence-corrected chi connectivity index (χ3v) is 8.33. The molecule has 1 aliphatic carbocycles. The summed E-state index contributed by atoms with van der Waals surface area (Å²) in [6, 6.07) is 44.2. The number of fused-ring (bicyclic) bond motifs is 5. The van der Waals surface area contributed by atoms with Crippen LogP contribution in [0.1, 0.15) is 18.4 Å². The molecule has 2 nitrogen and oxygen atoms in total. The standard InChI is InChI=1S/C37H28N2/c1-2-10-31-28(9-1)25-38(35-14-6-3-11-32(31)35)29-21-17-26(18-22-29)27-19-23-30(24-20-27)39-36-15-7-4-12-33(36)34-13-5-8-16-37(34)39/h2-8,10-24H,1,9,25H2. The molecule has 2 aliphatic rings. The van der Waals surface area contributed by atoms with Gasteiger partial charge in [-0.25, -0.2) is 0 Å². The first-order valence-corrected chi connectivity index (χ1v) is 13.8. The van der Waals surface area contributed by atoms with E-state index in [1.807, 2.05) is 0 Å². The van der Waals surface area contributed by atoms with Gasteiger partial charge in [0.1, 0.15) is 0 Å². The average molecular weight is 501 g/mol. The molecule has 0 radical (unpaired) electrons. The summed E-state index contributed by atoms with van der Waals surface area (Å²) in [7, 11) is 0. The van der Waals surface area contributed by atoms with Gasteiger partial charge in [-0.3, -0.25) is 0 Å². The Morgan fingerprint density at radius 3 is 1.82 bits per heavy atom. The van der Waals surface area contributed by atoms with Crippen molar-refractivity contribution in [3.05, 3.63) is 145 Å². The third kappa shape index (κ3) is 3.56. The van der Waals surface area contributed by atoms with E-state index >= 15 is 0 Å². The number of rotatable bonds is 3. The number of allylic oxidation sites excluding steroid dienone is 3. The van der Waals surface area contributed by atoms with Crippen LogP contribution in [0.4, 0.5) is 11.4 Å². The summed E-state index contributed by atoms with van der Waals surface area (Å²) in [6.45, 7) is 0.962. The van der Waals surface area contributed by atoms with E-state index in [1.54, 1.807) is 5.57 Å². The Bertz CT molecular complexity index is 1860. The van der Waals surface area contributed by atoms with Crippen LogP contribution in [0.25, 0.3) is 44.2 Å². The molecule has 186 valence electrons. The van der Waals surface area contributed by atoms with Crippen molar-refractivity contribution in [2.45, 2.75) is 12.8 Å². The second-order valence-electron chi connectivity index (χ2n) is 10.5. The van der Waals surface area contributed by atoms with Gasteiger partial charge in [-0.1, -0.05) is 91.0 Å². The van der Waals surface area contributed by atoms with Gasteiger partial charge >= 0.3 is 0 Å². The van der Waals surface area contributed by atoms with Crippen molar-refractivity contribution < 1.29 is 0 Å². The smallest absolute Gasteiger partial charge is 0.0541 e. The Morgan fingerprint density at radius 1 is 0.538 bits per heavy atom. The first kappa shape index (κ1) is 22.2. The van der Waals surface area contributed by atoms with Crippen LogP contribution in [0.2, 0.25) is 0 Å². The SMILES string of the molecule is C1=CC2=C(CC1)CN(c1ccc(-c3ccc(-n4c5ccccc5c5ccccc54)cc3)cc1)c1ccccc12. The van der Waals surface area contributed by atoms with Crippen molar-refractivity contribution in [3.8, 4) is 16.8 Å². The number of hydrogen-bond acceptors (Lipinski definition) is 1. The van der Waals surface area contributed by atoms with Gasteiger partial charge in [-0.2, -0.15) is 0 Å². The molecule has 0 fully saturated rings. The highest BCUT2D eigenvalue weighted by Crippen LogP contribution is 2.42. The first-order valence-electron chi connectivity index (χ1n) is 13.8. The normalized spacial score (nSPS) is 14.6. The number of para-hydroxylation sites is 3. The van der Waals surface area contributed by atoms with Crippen LogP contribution in [0.5, 0.6) is 0 Å². The summed E-state index contributed by atoms with van der Waals surface area (Å²) >= 11 is 0. The zero-order chi connectivity index (χ0) is 25.8. The summed E-state index contributed by atoms with van der Waals surface area (Å²) < 4.78 is 2.37. The summed E-state index contributed by atoms with van der Waals surface area (Å²) in [5.41, 5.74) is 13.0. The lowest BCUT2D eigenvalue weighted by atomic mass is 9.87. The molecule has 0 unspecified atom stereocenters. The van der Waals surface area contributed by atoms with Gasteiger partial charge in [0.05, 0.1) is 11.0 Å². The summed E-state index contributed by atoms with van der Waals surface area (Å²) in [5, 5.41) is 2.58. The summed E-state index contributed by atoms with van der Waals surface area (Å²) in [4.78, 5) is 2.47. The molecule has 0 saturated heterocycles. The highest BCUT2D eigenvalue weighted by molar-refractivity contribution is 6.09. The van der Waals surface area contributed by atoms with E-state index < -0.39 is 0 Å². The van der Waals surface area contributed by atoms with Crippen molar-refractivity contribution in [2.24, 2.45) is 0 Å². The van der Waals surface area contributed by atoms with Crippen LogP contribution in [0.3, 0.4) is 0 Å². The fourth-order valence-electron chi connectivity index (χ4n) is 6.44. The predicted octanol–water partition coefficient (Wildman–Crippen LogP) is 9.71. The lowest BCUT2D eigenvalue weighted by Crippen LogP contribution is -2.26. The largest absolute Gasteiger partial charge is 0.337 e. The average Bonchev–Trinajstić information content (AvgIpc) is 3.35. The molecule has 1 aromatic heterocycles. The summed E-state index contributed by atoms with van der Waals surface area (Å²) in [5.74, 6) is 0. The van der Waals surface area contributed by atoms with E-state index in [0.29, 0.717) is 0 Å². The third-order valence-electron chi connectivity index (χ3n) is 8.33. The monoisotopic (exact) mass is 500 g/mol. The predicted molar refractivity (Wildman–Crippen MR) is 165 cm³/mol. The van der Waals surface area contributed by atoms with Crippen molar-refractivity contribution in [3.63, 3.8) is 0 Å². The Hall–Kier alpha value is -4.82. The number of hydrogen-bond donors (Lipinski definition) is 0. The lowest BCUT2D eigenvalue weighted by molar-refractivity contribution is 0.887. The van der Waals surface area contributed by atoms with Gasteiger partial charge < -0.3 is 9.47 Å². The number of anilines is 2. The maximum atomic E-state index is 2.47. The van der Waals surface area contributed by atoms with Crippen LogP contribution in [0, 0.1) is 0 Å². The zero-order valence-electron chi connectivity index (χ0n) is 21.7. The molecule has 0 spiro atoms. The van der Waals surface area contributed by atoms with Crippen molar-refractivity contribution in [1.82, 2.24) is 4.57 Å². The molecule has 0 atom stereocenters. The minimum Gasteiger partial charge on any atom is -0.337 e. The Balaban J connectivity index is 1.13. The Labute approximate surface area is 228 Å². The van der Waals surface area contributed by atoms with E-state index in [4.69, 9.17) is 0 Å². The maximum Gasteiger partial charge on any atom is 0.0541 e. The first-order chi connectivity index (χ1) is 19.3. The molecule has 1 aliphatic heterocycles. The Morgan fingerprint density at radius 2 is 1.13 bits per heavy atom. The number of nitrogens with zero attached hydrogens (tertiary/aromatic N) is 2. The van der Waals surface area contributed by atoms with Crippen LogP contribution in [0.15, 0.2) is 139 Å². The fourth-order valence-corrected chi connectivity index (χ4v) is 6.44. The van der Waals surface area contributed by atoms with Gasteiger partial charge in [0.2, 0.25) is 0 Å². The van der Waals surface area contributed by atoms with Gasteiger partial charge in [0.15, 0.2) is 0 Å². The molecule has 0 saturated carbocycles. The molecule has 5 aromatic carbocycles. The van der Waals surface area contributed by atoms with E-state index in [0.717, 1.165) is 19.4 Å². The van der Waals surface area contributed by atoms with Gasteiger partial charge in [0, 0.05) is 39.9 Å². The molecule has 6 aromatic rings. The van der Waals surface area contributed by atoms with Gasteiger partial charge in [-0.15, -0.1) is 0 Å². The van der Waals surface area contributed by atoms with Crippen LogP contribution in [-0.4, -0.2) is 11.1 Å². The number of benzene rings is 5. The molecule has 2 heterocycles. The van der Waals surface area contributed by atoms with Crippen LogP contribution >= 0.6 is 0 Å². The highest BCUT2D eigenvalue weighted by Gasteiger charge is 2.24. The molecule has 8 rings (SSSR count). The van der Waals surface area contributed by atoms with E-state index in [1.165, 1.54) is 61.1 Å². The van der Waals surface area contributed by atoms with Crippen LogP contribution < -0.4 is 4.90 Å². The molecular weight excluding hydrogens is 472 g/mol. The maximum absolute atomic E-state index is 2.47. The topological polar surface area (TPSA) is 8.17 Å². The molecular formula is C37H28N2. The minimum atomic E-state index is 0.962. The van der Waals surface area contributed by atoms with Gasteiger partial charge in [-0.05, 0) is 77.6 Å². The molecule has 0 N–H and O–H groups in total. The quantitative estimate of drug-likeness (QED) is 0.235. The van der Waals surface area contributed by atoms with Crippen molar-refractivity contribution in [2.75, 3.05) is 11.4 Å². The second kappa shape index (κ2) is 8.89. The molecule has 0 bridgehead atoms.